The molecule has 0 bridgehead atoms. The maximum atomic E-state index is 12.4. The van der Waals surface area contributed by atoms with Crippen LogP contribution in [0.5, 0.6) is 11.5 Å². The Hall–Kier alpha value is -3.34. The molecule has 3 aromatic rings. The zero-order valence-electron chi connectivity index (χ0n) is 23.3. The number of benzene rings is 3. The van der Waals surface area contributed by atoms with Crippen LogP contribution in [-0.2, 0) is 0 Å². The Balaban J connectivity index is 1.91. The standard InChI is InChI=1S/C33H43NO4/c1-4-6-7-8-9-10-11-17-24-37-33-30(22-23-31(32(33)34(35)36)38-25-26(3)5-2)29-21-16-15-20-28(29)27-18-13-12-14-19-27/h12-16,18-23,26H,4-11,17,24-25H2,1-3H3. The number of hydrogen-bond acceptors (Lipinski definition) is 4. The highest BCUT2D eigenvalue weighted by Crippen LogP contribution is 2.46. The lowest BCUT2D eigenvalue weighted by Crippen LogP contribution is -2.10. The van der Waals surface area contributed by atoms with Gasteiger partial charge in [-0.05, 0) is 41.2 Å². The fourth-order valence-corrected chi connectivity index (χ4v) is 4.55. The monoisotopic (exact) mass is 517 g/mol. The van der Waals surface area contributed by atoms with Gasteiger partial charge in [0, 0.05) is 5.56 Å². The normalized spacial score (nSPS) is 11.8. The van der Waals surface area contributed by atoms with Gasteiger partial charge < -0.3 is 9.47 Å². The predicted octanol–water partition coefficient (Wildman–Crippen LogP) is 9.87. The first-order chi connectivity index (χ1) is 18.6. The van der Waals surface area contributed by atoms with Crippen molar-refractivity contribution in [2.24, 2.45) is 5.92 Å². The topological polar surface area (TPSA) is 61.6 Å². The second kappa shape index (κ2) is 15.8. The van der Waals surface area contributed by atoms with Crippen LogP contribution >= 0.6 is 0 Å². The second-order valence-electron chi connectivity index (χ2n) is 10.1. The Morgan fingerprint density at radius 3 is 2.03 bits per heavy atom. The molecular weight excluding hydrogens is 474 g/mol. The first kappa shape index (κ1) is 29.2. The van der Waals surface area contributed by atoms with E-state index in [1.54, 1.807) is 6.07 Å². The van der Waals surface area contributed by atoms with Crippen molar-refractivity contribution >= 4 is 5.69 Å². The number of nitro benzene ring substituents is 1. The molecule has 0 fully saturated rings. The van der Waals surface area contributed by atoms with Gasteiger partial charge in [0.25, 0.3) is 0 Å². The van der Waals surface area contributed by atoms with Crippen molar-refractivity contribution in [3.8, 4) is 33.8 Å². The molecule has 204 valence electrons. The van der Waals surface area contributed by atoms with Gasteiger partial charge in [0.05, 0.1) is 18.1 Å². The van der Waals surface area contributed by atoms with Gasteiger partial charge in [0.15, 0.2) is 0 Å². The summed E-state index contributed by atoms with van der Waals surface area (Å²) in [5.41, 5.74) is 3.59. The Kier molecular flexibility index (Phi) is 12.2. The van der Waals surface area contributed by atoms with E-state index in [4.69, 9.17) is 9.47 Å². The summed E-state index contributed by atoms with van der Waals surface area (Å²) in [6.45, 7) is 7.26. The lowest BCUT2D eigenvalue weighted by atomic mass is 9.93. The van der Waals surface area contributed by atoms with Crippen LogP contribution in [0.1, 0.15) is 78.6 Å². The number of unbranched alkanes of at least 4 members (excludes halogenated alkanes) is 7. The van der Waals surface area contributed by atoms with E-state index in [-0.39, 0.29) is 16.4 Å². The Morgan fingerprint density at radius 2 is 1.37 bits per heavy atom. The number of rotatable bonds is 17. The minimum Gasteiger partial charge on any atom is -0.486 e. The highest BCUT2D eigenvalue weighted by molar-refractivity contribution is 5.88. The molecule has 0 aromatic heterocycles. The zero-order chi connectivity index (χ0) is 27.2. The number of hydrogen-bond donors (Lipinski definition) is 0. The van der Waals surface area contributed by atoms with Gasteiger partial charge in [-0.3, -0.25) is 10.1 Å². The summed E-state index contributed by atoms with van der Waals surface area (Å²) in [5.74, 6) is 0.861. The fraction of sp³-hybridized carbons (Fsp3) is 0.455. The highest BCUT2D eigenvalue weighted by atomic mass is 16.6. The quantitative estimate of drug-likeness (QED) is 0.102. The van der Waals surface area contributed by atoms with Crippen LogP contribution in [-0.4, -0.2) is 18.1 Å². The van der Waals surface area contributed by atoms with Crippen LogP contribution in [0.4, 0.5) is 5.69 Å². The van der Waals surface area contributed by atoms with E-state index in [9.17, 15) is 10.1 Å². The predicted molar refractivity (Wildman–Crippen MR) is 157 cm³/mol. The largest absolute Gasteiger partial charge is 0.486 e. The molecule has 0 saturated carbocycles. The first-order valence-electron chi connectivity index (χ1n) is 14.3. The molecule has 0 spiro atoms. The van der Waals surface area contributed by atoms with Gasteiger partial charge in [0.1, 0.15) is 0 Å². The van der Waals surface area contributed by atoms with E-state index < -0.39 is 0 Å². The van der Waals surface area contributed by atoms with Crippen LogP contribution in [0.3, 0.4) is 0 Å². The van der Waals surface area contributed by atoms with Crippen molar-refractivity contribution in [1.29, 1.82) is 0 Å². The summed E-state index contributed by atoms with van der Waals surface area (Å²) in [6, 6.07) is 21.7. The van der Waals surface area contributed by atoms with Crippen molar-refractivity contribution < 1.29 is 14.4 Å². The molecule has 0 aliphatic carbocycles. The number of ether oxygens (including phenoxy) is 2. The van der Waals surface area contributed by atoms with E-state index >= 15 is 0 Å². The Bertz CT molecular complexity index is 1130. The van der Waals surface area contributed by atoms with Crippen LogP contribution in [0.15, 0.2) is 66.7 Å². The maximum absolute atomic E-state index is 12.4. The van der Waals surface area contributed by atoms with E-state index in [0.29, 0.717) is 30.4 Å². The third-order valence-corrected chi connectivity index (χ3v) is 7.04. The minimum atomic E-state index is -0.358. The molecule has 0 aliphatic rings. The van der Waals surface area contributed by atoms with Crippen LogP contribution < -0.4 is 9.47 Å². The molecule has 38 heavy (non-hydrogen) atoms. The summed E-state index contributed by atoms with van der Waals surface area (Å²) in [7, 11) is 0. The van der Waals surface area contributed by atoms with Crippen molar-refractivity contribution in [2.45, 2.75) is 78.6 Å². The molecule has 0 amide bonds. The molecule has 3 rings (SSSR count). The smallest absolute Gasteiger partial charge is 0.352 e. The molecule has 3 aromatic carbocycles. The third kappa shape index (κ3) is 8.34. The molecule has 0 saturated heterocycles. The van der Waals surface area contributed by atoms with Gasteiger partial charge in [-0.15, -0.1) is 0 Å². The van der Waals surface area contributed by atoms with Gasteiger partial charge >= 0.3 is 5.69 Å². The molecule has 0 aliphatic heterocycles. The van der Waals surface area contributed by atoms with Crippen LogP contribution in [0.2, 0.25) is 0 Å². The summed E-state index contributed by atoms with van der Waals surface area (Å²) >= 11 is 0. The number of nitro groups is 1. The Morgan fingerprint density at radius 1 is 0.737 bits per heavy atom. The average molecular weight is 518 g/mol. The van der Waals surface area contributed by atoms with Gasteiger partial charge in [-0.25, -0.2) is 0 Å². The first-order valence-corrected chi connectivity index (χ1v) is 14.3. The van der Waals surface area contributed by atoms with Crippen molar-refractivity contribution in [3.05, 3.63) is 76.8 Å². The SMILES string of the molecule is CCCCCCCCCCOc1c(-c2ccccc2-c2ccccc2)ccc(OCC(C)CC)c1[N+](=O)[O-]. The molecule has 0 N–H and O–H groups in total. The maximum Gasteiger partial charge on any atom is 0.352 e. The van der Waals surface area contributed by atoms with E-state index in [0.717, 1.165) is 42.4 Å². The van der Waals surface area contributed by atoms with Crippen LogP contribution in [0.25, 0.3) is 22.3 Å². The zero-order valence-corrected chi connectivity index (χ0v) is 23.3. The highest BCUT2D eigenvalue weighted by Gasteiger charge is 2.28. The van der Waals surface area contributed by atoms with Gasteiger partial charge in [-0.1, -0.05) is 127 Å². The summed E-state index contributed by atoms with van der Waals surface area (Å²) < 4.78 is 12.2. The summed E-state index contributed by atoms with van der Waals surface area (Å²) in [5, 5.41) is 12.4. The third-order valence-electron chi connectivity index (χ3n) is 7.04. The fourth-order valence-electron chi connectivity index (χ4n) is 4.55. The molecule has 1 unspecified atom stereocenters. The van der Waals surface area contributed by atoms with Crippen LogP contribution in [0, 0.1) is 16.0 Å². The van der Waals surface area contributed by atoms with Crippen molar-refractivity contribution in [2.75, 3.05) is 13.2 Å². The second-order valence-corrected chi connectivity index (χ2v) is 10.1. The van der Waals surface area contributed by atoms with Crippen molar-refractivity contribution in [1.82, 2.24) is 0 Å². The summed E-state index contributed by atoms with van der Waals surface area (Å²) in [6.07, 6.45) is 10.4. The van der Waals surface area contributed by atoms with Crippen molar-refractivity contribution in [3.63, 3.8) is 0 Å². The number of nitrogens with zero attached hydrogens (tertiary/aromatic N) is 1. The Labute approximate surface area is 228 Å². The molecule has 5 nitrogen and oxygen atoms in total. The molecular formula is C33H43NO4. The van der Waals surface area contributed by atoms with Gasteiger partial charge in [0.2, 0.25) is 11.5 Å². The van der Waals surface area contributed by atoms with E-state index in [2.05, 4.69) is 32.9 Å². The molecule has 1 atom stereocenters. The summed E-state index contributed by atoms with van der Waals surface area (Å²) in [4.78, 5) is 12.0. The molecule has 0 radical (unpaired) electrons. The van der Waals surface area contributed by atoms with Gasteiger partial charge in [-0.2, -0.15) is 0 Å². The lowest BCUT2D eigenvalue weighted by molar-refractivity contribution is -0.386. The molecule has 0 heterocycles. The van der Waals surface area contributed by atoms with E-state index in [1.807, 2.05) is 48.5 Å². The minimum absolute atomic E-state index is 0.0896. The van der Waals surface area contributed by atoms with E-state index in [1.165, 1.54) is 32.1 Å². The average Bonchev–Trinajstić information content (AvgIpc) is 2.95. The lowest BCUT2D eigenvalue weighted by Gasteiger charge is -2.18. The molecule has 5 heteroatoms.